The van der Waals surface area contributed by atoms with Gasteiger partial charge in [0, 0.05) is 12.3 Å². The molecule has 0 spiro atoms. The van der Waals surface area contributed by atoms with E-state index in [9.17, 15) is 0 Å². The van der Waals surface area contributed by atoms with Crippen molar-refractivity contribution in [3.05, 3.63) is 22.9 Å². The Balaban J connectivity index is 2.94. The molecular formula is C6H6BrNO. The average molecular weight is 188 g/mol. The van der Waals surface area contributed by atoms with Crippen LogP contribution in [0, 0.1) is 0 Å². The summed E-state index contributed by atoms with van der Waals surface area (Å²) in [4.78, 5) is 3.92. The minimum absolute atomic E-state index is 0.793. The van der Waals surface area contributed by atoms with Crippen molar-refractivity contribution in [2.24, 2.45) is 0 Å². The van der Waals surface area contributed by atoms with Crippen molar-refractivity contribution in [1.29, 1.82) is 0 Å². The third kappa shape index (κ3) is 1.68. The number of aromatic nitrogens is 1. The summed E-state index contributed by atoms with van der Waals surface area (Å²) in [6.45, 7) is 0. The van der Waals surface area contributed by atoms with Crippen LogP contribution in [0.2, 0.25) is 0 Å². The normalized spacial score (nSPS) is 9.11. The Labute approximate surface area is 62.0 Å². The van der Waals surface area contributed by atoms with Crippen LogP contribution in [0.1, 0.15) is 0 Å². The largest absolute Gasteiger partial charge is 0.497 e. The first kappa shape index (κ1) is 6.55. The van der Waals surface area contributed by atoms with E-state index < -0.39 is 0 Å². The van der Waals surface area contributed by atoms with Crippen molar-refractivity contribution in [1.82, 2.24) is 4.98 Å². The van der Waals surface area contributed by atoms with Crippen LogP contribution in [0.15, 0.2) is 22.9 Å². The first-order valence-corrected chi connectivity index (χ1v) is 3.28. The van der Waals surface area contributed by atoms with E-state index in [-0.39, 0.29) is 0 Å². The fourth-order valence-electron chi connectivity index (χ4n) is 0.512. The summed E-state index contributed by atoms with van der Waals surface area (Å²) in [5, 5.41) is 0. The highest BCUT2D eigenvalue weighted by Gasteiger charge is 1.89. The van der Waals surface area contributed by atoms with E-state index in [0.29, 0.717) is 0 Å². The van der Waals surface area contributed by atoms with E-state index in [1.165, 1.54) is 0 Å². The van der Waals surface area contributed by atoms with Crippen LogP contribution in [-0.2, 0) is 0 Å². The SMILES string of the molecule is COc1ccnc(Br)c1. The Morgan fingerprint density at radius 1 is 1.67 bits per heavy atom. The lowest BCUT2D eigenvalue weighted by molar-refractivity contribution is 0.414. The van der Waals surface area contributed by atoms with E-state index in [1.54, 1.807) is 25.4 Å². The summed E-state index contributed by atoms with van der Waals surface area (Å²) in [6.07, 6.45) is 1.68. The number of ether oxygens (including phenoxy) is 1. The molecule has 0 saturated carbocycles. The highest BCUT2D eigenvalue weighted by Crippen LogP contribution is 2.13. The van der Waals surface area contributed by atoms with Crippen molar-refractivity contribution in [2.45, 2.75) is 0 Å². The molecule has 1 aromatic heterocycles. The Bertz CT molecular complexity index is 202. The molecule has 0 saturated heterocycles. The quantitative estimate of drug-likeness (QED) is 0.627. The first-order valence-electron chi connectivity index (χ1n) is 2.48. The smallest absolute Gasteiger partial charge is 0.123 e. The molecule has 0 aromatic carbocycles. The third-order valence-corrected chi connectivity index (χ3v) is 1.37. The fraction of sp³-hybridized carbons (Fsp3) is 0.167. The molecule has 0 fully saturated rings. The van der Waals surface area contributed by atoms with Crippen molar-refractivity contribution in [3.63, 3.8) is 0 Å². The zero-order chi connectivity index (χ0) is 6.69. The van der Waals surface area contributed by atoms with Crippen molar-refractivity contribution < 1.29 is 4.74 Å². The number of rotatable bonds is 1. The minimum atomic E-state index is 0.793. The molecule has 0 aliphatic heterocycles. The second-order valence-electron chi connectivity index (χ2n) is 1.52. The molecule has 0 amide bonds. The van der Waals surface area contributed by atoms with E-state index in [1.807, 2.05) is 0 Å². The molecule has 0 bridgehead atoms. The Hall–Kier alpha value is -0.570. The van der Waals surface area contributed by atoms with Gasteiger partial charge in [-0.25, -0.2) is 4.98 Å². The van der Waals surface area contributed by atoms with E-state index in [4.69, 9.17) is 4.74 Å². The van der Waals surface area contributed by atoms with Crippen molar-refractivity contribution in [2.75, 3.05) is 7.11 Å². The average Bonchev–Trinajstić information content (AvgIpc) is 1.88. The summed E-state index contributed by atoms with van der Waals surface area (Å²) < 4.78 is 5.72. The highest BCUT2D eigenvalue weighted by atomic mass is 79.9. The molecule has 48 valence electrons. The van der Waals surface area contributed by atoms with Gasteiger partial charge in [-0.1, -0.05) is 0 Å². The molecule has 3 heteroatoms. The van der Waals surface area contributed by atoms with Gasteiger partial charge in [0.05, 0.1) is 7.11 Å². The van der Waals surface area contributed by atoms with Gasteiger partial charge in [0.1, 0.15) is 10.4 Å². The predicted molar refractivity (Wildman–Crippen MR) is 38.5 cm³/mol. The second-order valence-corrected chi connectivity index (χ2v) is 2.33. The van der Waals surface area contributed by atoms with Gasteiger partial charge in [0.15, 0.2) is 0 Å². The summed E-state index contributed by atoms with van der Waals surface area (Å²) in [7, 11) is 1.63. The number of hydrogen-bond donors (Lipinski definition) is 0. The molecule has 0 aliphatic rings. The molecule has 0 atom stereocenters. The first-order chi connectivity index (χ1) is 4.33. The van der Waals surface area contributed by atoms with Crippen LogP contribution in [-0.4, -0.2) is 12.1 Å². The number of methoxy groups -OCH3 is 1. The van der Waals surface area contributed by atoms with Crippen LogP contribution in [0.5, 0.6) is 5.75 Å². The zero-order valence-electron chi connectivity index (χ0n) is 4.97. The summed E-state index contributed by atoms with van der Waals surface area (Å²) in [6, 6.07) is 3.60. The van der Waals surface area contributed by atoms with E-state index >= 15 is 0 Å². The van der Waals surface area contributed by atoms with Gasteiger partial charge < -0.3 is 4.74 Å². The second kappa shape index (κ2) is 2.82. The van der Waals surface area contributed by atoms with Crippen LogP contribution >= 0.6 is 15.9 Å². The number of nitrogens with zero attached hydrogens (tertiary/aromatic N) is 1. The molecule has 2 nitrogen and oxygen atoms in total. The fourth-order valence-corrected chi connectivity index (χ4v) is 0.856. The number of pyridine rings is 1. The van der Waals surface area contributed by atoms with Crippen LogP contribution < -0.4 is 4.74 Å². The summed E-state index contributed by atoms with van der Waals surface area (Å²) >= 11 is 3.21. The number of hydrogen-bond acceptors (Lipinski definition) is 2. The monoisotopic (exact) mass is 187 g/mol. The molecule has 1 heterocycles. The van der Waals surface area contributed by atoms with E-state index in [2.05, 4.69) is 20.9 Å². The van der Waals surface area contributed by atoms with Gasteiger partial charge in [-0.3, -0.25) is 0 Å². The minimum Gasteiger partial charge on any atom is -0.497 e. The summed E-state index contributed by atoms with van der Waals surface area (Å²) in [5.74, 6) is 0.817. The highest BCUT2D eigenvalue weighted by molar-refractivity contribution is 9.10. The standard InChI is InChI=1S/C6H6BrNO/c1-9-5-2-3-8-6(7)4-5/h2-4H,1H3. The topological polar surface area (TPSA) is 22.1 Å². The Kier molecular flexibility index (Phi) is 2.05. The maximum Gasteiger partial charge on any atom is 0.123 e. The van der Waals surface area contributed by atoms with E-state index in [0.717, 1.165) is 10.4 Å². The number of halogens is 1. The van der Waals surface area contributed by atoms with Gasteiger partial charge in [-0.2, -0.15) is 0 Å². The lowest BCUT2D eigenvalue weighted by Crippen LogP contribution is -1.82. The van der Waals surface area contributed by atoms with Crippen molar-refractivity contribution >= 4 is 15.9 Å². The molecule has 0 aliphatic carbocycles. The molecule has 9 heavy (non-hydrogen) atoms. The lowest BCUT2D eigenvalue weighted by Gasteiger charge is -1.96. The van der Waals surface area contributed by atoms with Gasteiger partial charge in [-0.05, 0) is 22.0 Å². The molecule has 1 rings (SSSR count). The third-order valence-electron chi connectivity index (χ3n) is 0.934. The predicted octanol–water partition coefficient (Wildman–Crippen LogP) is 1.85. The van der Waals surface area contributed by atoms with Crippen molar-refractivity contribution in [3.8, 4) is 5.75 Å². The lowest BCUT2D eigenvalue weighted by atomic mass is 10.5. The Morgan fingerprint density at radius 3 is 2.89 bits per heavy atom. The summed E-state index contributed by atoms with van der Waals surface area (Å²) in [5.41, 5.74) is 0. The van der Waals surface area contributed by atoms with Gasteiger partial charge >= 0.3 is 0 Å². The molecule has 0 N–H and O–H groups in total. The maximum atomic E-state index is 4.92. The Morgan fingerprint density at radius 2 is 2.44 bits per heavy atom. The maximum absolute atomic E-state index is 4.92. The zero-order valence-corrected chi connectivity index (χ0v) is 6.55. The van der Waals surface area contributed by atoms with Crippen LogP contribution in [0.4, 0.5) is 0 Å². The molecule has 0 unspecified atom stereocenters. The van der Waals surface area contributed by atoms with Gasteiger partial charge in [0.2, 0.25) is 0 Å². The van der Waals surface area contributed by atoms with Gasteiger partial charge in [0.25, 0.3) is 0 Å². The molecular weight excluding hydrogens is 182 g/mol. The van der Waals surface area contributed by atoms with Gasteiger partial charge in [-0.15, -0.1) is 0 Å². The molecule has 1 aromatic rings. The van der Waals surface area contributed by atoms with Crippen LogP contribution in [0.25, 0.3) is 0 Å². The van der Waals surface area contributed by atoms with Crippen LogP contribution in [0.3, 0.4) is 0 Å². The molecule has 0 radical (unpaired) electrons.